The van der Waals surface area contributed by atoms with E-state index in [9.17, 15) is 9.59 Å². The first-order chi connectivity index (χ1) is 37.9. The first-order valence-electron chi connectivity index (χ1n) is 26.5. The second kappa shape index (κ2) is 30.3. The molecule has 2 aliphatic rings. The van der Waals surface area contributed by atoms with E-state index in [1.165, 1.54) is 22.7 Å². The second-order valence-electron chi connectivity index (χ2n) is 19.0. The number of aryl methyl sites for hydroxylation is 4. The number of nitrogens with one attached hydrogen (secondary N) is 2. The summed E-state index contributed by atoms with van der Waals surface area (Å²) in [5.74, 6) is 4.28. The summed E-state index contributed by atoms with van der Waals surface area (Å²) >= 11 is 15.3. The first kappa shape index (κ1) is 58.8. The van der Waals surface area contributed by atoms with Crippen molar-refractivity contribution in [1.82, 2.24) is 39.7 Å². The number of anilines is 6. The molecule has 2 N–H and O–H groups in total. The Labute approximate surface area is 475 Å². The predicted molar refractivity (Wildman–Crippen MR) is 309 cm³/mol. The van der Waals surface area contributed by atoms with Gasteiger partial charge in [0.25, 0.3) is 0 Å². The number of piperazine rings is 2. The zero-order chi connectivity index (χ0) is 54.6. The number of ketones is 2. The number of carbonyl (C=O) groups is 2. The van der Waals surface area contributed by atoms with E-state index >= 15 is 0 Å². The van der Waals surface area contributed by atoms with E-state index in [-0.39, 0.29) is 24.4 Å². The average Bonchev–Trinajstić information content (AvgIpc) is 4.13. The lowest BCUT2D eigenvalue weighted by atomic mass is 10.0. The van der Waals surface area contributed by atoms with Crippen molar-refractivity contribution in [2.45, 2.75) is 47.0 Å². The minimum Gasteiger partial charge on any atom is -0.379 e. The first-order valence-corrected chi connectivity index (χ1v) is 28.9. The summed E-state index contributed by atoms with van der Waals surface area (Å²) in [5, 5.41) is 8.95. The number of carbonyl (C=O) groups excluding carboxylic acids is 2. The molecule has 19 nitrogen and oxygen atoms in total. The maximum absolute atomic E-state index is 13.1. The van der Waals surface area contributed by atoms with Crippen LogP contribution in [-0.4, -0.2) is 183 Å². The standard InChI is InChI=1S/C55H70Cl2N12O7S2/c1-38-8-5-10-44(56)42(38)32-46(70)48-36-58-54(77-48)64-50-34-52(62-40(3)60-50)68-17-13-66(14-18-68)12-7-22-72-24-26-74-28-30-76-31-29-75-27-25-73-23-21-67-15-19-69(20-16-67)53-35-51(61-41(4)63-53)65-55-59-37-49(78-55)47(71)33-43-39(2)9-6-11-45(43)57/h5-6,8-11,34-37H,7,12-33H2,1-4H3,(H,58,60,62,64)(H,59,61,63,65). The van der Waals surface area contributed by atoms with Crippen LogP contribution in [0.2, 0.25) is 10.0 Å². The Balaban J connectivity index is 0.589. The minimum atomic E-state index is -0.0259. The third-order valence-electron chi connectivity index (χ3n) is 13.3. The van der Waals surface area contributed by atoms with Crippen molar-refractivity contribution < 1.29 is 33.3 Å². The van der Waals surface area contributed by atoms with Crippen molar-refractivity contribution >= 4 is 91.0 Å². The average molecular weight is 1150 g/mol. The Kier molecular flexibility index (Phi) is 22.9. The number of benzene rings is 2. The molecule has 0 saturated carbocycles. The van der Waals surface area contributed by atoms with Gasteiger partial charge >= 0.3 is 0 Å². The van der Waals surface area contributed by atoms with E-state index in [0.717, 1.165) is 106 Å². The van der Waals surface area contributed by atoms with Crippen molar-refractivity contribution in [3.63, 3.8) is 0 Å². The number of thiazole rings is 2. The van der Waals surface area contributed by atoms with Crippen molar-refractivity contribution in [1.29, 1.82) is 0 Å². The lowest BCUT2D eigenvalue weighted by Crippen LogP contribution is -2.47. The SMILES string of the molecule is Cc1nc(Nc2ncc(C(=O)Cc3c(C)cccc3Cl)s2)cc(N2CCN(CCCOCCOCCOCCOCCOCCN3CCN(c4cc(Nc5ncc(C(=O)Cc6c(C)cccc6Cl)s5)nc(C)n4)CC3)CC2)n1. The fourth-order valence-corrected chi connectivity index (χ4v) is 11.0. The molecule has 23 heteroatoms. The molecule has 8 rings (SSSR count). The molecule has 2 fully saturated rings. The number of hydrogen-bond acceptors (Lipinski definition) is 21. The van der Waals surface area contributed by atoms with E-state index in [1.54, 1.807) is 12.4 Å². The van der Waals surface area contributed by atoms with Crippen molar-refractivity contribution in [3.05, 3.63) is 115 Å². The van der Waals surface area contributed by atoms with Crippen LogP contribution in [0.4, 0.5) is 33.5 Å². The molecule has 418 valence electrons. The van der Waals surface area contributed by atoms with Crippen molar-refractivity contribution in [2.24, 2.45) is 0 Å². The zero-order valence-corrected chi connectivity index (χ0v) is 48.1. The van der Waals surface area contributed by atoms with Gasteiger partial charge in [-0.15, -0.1) is 0 Å². The van der Waals surface area contributed by atoms with Gasteiger partial charge in [0, 0.05) is 107 Å². The van der Waals surface area contributed by atoms with Gasteiger partial charge in [0.2, 0.25) is 0 Å². The van der Waals surface area contributed by atoms with E-state index in [0.29, 0.717) is 119 Å². The quantitative estimate of drug-likeness (QED) is 0.0310. The Morgan fingerprint density at radius 3 is 1.35 bits per heavy atom. The number of Topliss-reactive ketones (excluding diaryl/α,β-unsaturated/α-hetero) is 2. The highest BCUT2D eigenvalue weighted by atomic mass is 35.5. The maximum atomic E-state index is 13.1. The number of halogens is 2. The zero-order valence-electron chi connectivity index (χ0n) is 44.9. The number of ether oxygens (including phenoxy) is 5. The molecule has 2 aromatic carbocycles. The van der Waals surface area contributed by atoms with Crippen LogP contribution in [0.3, 0.4) is 0 Å². The maximum Gasteiger partial charge on any atom is 0.188 e. The fourth-order valence-electron chi connectivity index (χ4n) is 8.94. The molecule has 0 bridgehead atoms. The van der Waals surface area contributed by atoms with Gasteiger partial charge in [-0.2, -0.15) is 0 Å². The third-order valence-corrected chi connectivity index (χ3v) is 15.9. The third kappa shape index (κ3) is 18.1. The largest absolute Gasteiger partial charge is 0.379 e. The smallest absolute Gasteiger partial charge is 0.188 e. The molecule has 0 atom stereocenters. The van der Waals surface area contributed by atoms with Gasteiger partial charge in [-0.1, -0.05) is 70.1 Å². The molecule has 4 aromatic heterocycles. The summed E-state index contributed by atoms with van der Waals surface area (Å²) in [6.45, 7) is 22.0. The van der Waals surface area contributed by atoms with E-state index in [2.05, 4.69) is 50.2 Å². The molecule has 0 amide bonds. The minimum absolute atomic E-state index is 0.0233. The number of rotatable bonds is 31. The van der Waals surface area contributed by atoms with E-state index < -0.39 is 0 Å². The summed E-state index contributed by atoms with van der Waals surface area (Å²) in [6.07, 6.45) is 4.61. The van der Waals surface area contributed by atoms with Gasteiger partial charge in [-0.05, 0) is 68.5 Å². The van der Waals surface area contributed by atoms with Crippen LogP contribution in [0.5, 0.6) is 0 Å². The van der Waals surface area contributed by atoms with Gasteiger partial charge in [0.05, 0.1) is 81.6 Å². The van der Waals surface area contributed by atoms with Crippen LogP contribution >= 0.6 is 45.9 Å². The Morgan fingerprint density at radius 1 is 0.526 bits per heavy atom. The van der Waals surface area contributed by atoms with Gasteiger partial charge in [0.1, 0.15) is 34.9 Å². The summed E-state index contributed by atoms with van der Waals surface area (Å²) in [6, 6.07) is 15.2. The monoisotopic (exact) mass is 1140 g/mol. The molecular weight excluding hydrogens is 1080 g/mol. The van der Waals surface area contributed by atoms with Gasteiger partial charge in [-0.25, -0.2) is 29.9 Å². The fraction of sp³-hybridized carbons (Fsp3) is 0.491. The van der Waals surface area contributed by atoms with E-state index in [4.69, 9.17) is 56.9 Å². The molecule has 2 saturated heterocycles. The highest BCUT2D eigenvalue weighted by Gasteiger charge is 2.22. The van der Waals surface area contributed by atoms with Gasteiger partial charge in [-0.3, -0.25) is 19.4 Å². The number of nitrogens with zero attached hydrogens (tertiary/aromatic N) is 10. The van der Waals surface area contributed by atoms with Crippen LogP contribution in [0.25, 0.3) is 0 Å². The molecule has 0 aliphatic carbocycles. The number of aromatic nitrogens is 6. The van der Waals surface area contributed by atoms with E-state index in [1.807, 2.05) is 76.2 Å². The Bertz CT molecular complexity index is 2650. The normalized spacial score (nSPS) is 14.3. The molecule has 6 aromatic rings. The van der Waals surface area contributed by atoms with Gasteiger partial charge < -0.3 is 44.1 Å². The van der Waals surface area contributed by atoms with Crippen molar-refractivity contribution in [3.8, 4) is 0 Å². The van der Waals surface area contributed by atoms with Crippen molar-refractivity contribution in [2.75, 3.05) is 152 Å². The molecule has 78 heavy (non-hydrogen) atoms. The Morgan fingerprint density at radius 2 is 0.923 bits per heavy atom. The molecular formula is C55H70Cl2N12O7S2. The highest BCUT2D eigenvalue weighted by molar-refractivity contribution is 7.17. The predicted octanol–water partition coefficient (Wildman–Crippen LogP) is 8.48. The van der Waals surface area contributed by atoms with Crippen LogP contribution in [0.1, 0.15) is 59.7 Å². The van der Waals surface area contributed by atoms with Crippen LogP contribution in [0, 0.1) is 27.7 Å². The molecule has 6 heterocycles. The van der Waals surface area contributed by atoms with Gasteiger partial charge in [0.15, 0.2) is 21.8 Å². The summed E-state index contributed by atoms with van der Waals surface area (Å²) in [5.41, 5.74) is 3.67. The second-order valence-corrected chi connectivity index (χ2v) is 21.8. The molecule has 2 aliphatic heterocycles. The van der Waals surface area contributed by atoms with Crippen LogP contribution in [-0.2, 0) is 36.5 Å². The highest BCUT2D eigenvalue weighted by Crippen LogP contribution is 2.30. The topological polar surface area (TPSA) is 195 Å². The summed E-state index contributed by atoms with van der Waals surface area (Å²) in [4.78, 5) is 64.1. The molecule has 0 spiro atoms. The lowest BCUT2D eigenvalue weighted by molar-refractivity contribution is -0.0127. The van der Waals surface area contributed by atoms with Crippen LogP contribution < -0.4 is 20.4 Å². The van der Waals surface area contributed by atoms with Crippen LogP contribution in [0.15, 0.2) is 60.9 Å². The lowest BCUT2D eigenvalue weighted by Gasteiger charge is -2.35. The number of hydrogen-bond donors (Lipinski definition) is 2. The molecule has 0 unspecified atom stereocenters. The summed E-state index contributed by atoms with van der Waals surface area (Å²) < 4.78 is 28.7. The Hall–Kier alpha value is -5.30. The molecule has 0 radical (unpaired) electrons. The summed E-state index contributed by atoms with van der Waals surface area (Å²) in [7, 11) is 0.